The second kappa shape index (κ2) is 5.28. The van der Waals surface area contributed by atoms with Crippen LogP contribution in [0.4, 0.5) is 20.2 Å². The molecule has 3 N–H and O–H groups in total. The summed E-state index contributed by atoms with van der Waals surface area (Å²) < 4.78 is 27.4. The van der Waals surface area contributed by atoms with E-state index in [2.05, 4.69) is 10.4 Å². The normalized spacial score (nSPS) is 10.6. The van der Waals surface area contributed by atoms with Crippen LogP contribution in [0, 0.1) is 25.5 Å². The van der Waals surface area contributed by atoms with Crippen molar-refractivity contribution in [2.75, 3.05) is 11.1 Å². The molecule has 0 saturated carbocycles. The van der Waals surface area contributed by atoms with Crippen LogP contribution in [0.5, 0.6) is 0 Å². The smallest absolute Gasteiger partial charge is 0.246 e. The van der Waals surface area contributed by atoms with Crippen molar-refractivity contribution in [3.8, 4) is 0 Å². The van der Waals surface area contributed by atoms with Crippen molar-refractivity contribution < 1.29 is 13.6 Å². The minimum atomic E-state index is -0.754. The molecule has 0 aliphatic carbocycles. The number of nitrogens with two attached hydrogens (primary N) is 1. The van der Waals surface area contributed by atoms with Gasteiger partial charge in [0, 0.05) is 11.8 Å². The van der Waals surface area contributed by atoms with Gasteiger partial charge in [0.05, 0.1) is 17.1 Å². The van der Waals surface area contributed by atoms with Crippen molar-refractivity contribution in [3.63, 3.8) is 0 Å². The summed E-state index contributed by atoms with van der Waals surface area (Å²) in [5.74, 6) is -1.95. The van der Waals surface area contributed by atoms with Gasteiger partial charge in [-0.05, 0) is 26.0 Å². The van der Waals surface area contributed by atoms with Gasteiger partial charge in [-0.25, -0.2) is 8.78 Å². The van der Waals surface area contributed by atoms with Crippen LogP contribution in [0.1, 0.15) is 11.4 Å². The maximum atomic E-state index is 13.0. The number of nitrogen functional groups attached to an aromatic ring is 1. The summed E-state index contributed by atoms with van der Waals surface area (Å²) in [6.07, 6.45) is 0. The Morgan fingerprint density at radius 1 is 1.30 bits per heavy atom. The molecule has 7 heteroatoms. The zero-order chi connectivity index (χ0) is 14.9. The van der Waals surface area contributed by atoms with Gasteiger partial charge in [-0.1, -0.05) is 0 Å². The summed E-state index contributed by atoms with van der Waals surface area (Å²) in [7, 11) is 0. The maximum absolute atomic E-state index is 13.0. The number of aryl methyl sites for hydroxylation is 1. The van der Waals surface area contributed by atoms with Gasteiger partial charge in [0.15, 0.2) is 0 Å². The zero-order valence-electron chi connectivity index (χ0n) is 11.1. The average molecular weight is 280 g/mol. The highest BCUT2D eigenvalue weighted by Crippen LogP contribution is 2.16. The highest BCUT2D eigenvalue weighted by Gasteiger charge is 2.12. The van der Waals surface area contributed by atoms with Gasteiger partial charge in [0.1, 0.15) is 18.2 Å². The first-order valence-corrected chi connectivity index (χ1v) is 5.92. The Bertz CT molecular complexity index is 646. The molecule has 0 unspecified atom stereocenters. The monoisotopic (exact) mass is 280 g/mol. The van der Waals surface area contributed by atoms with Crippen LogP contribution in [0.2, 0.25) is 0 Å². The molecule has 5 nitrogen and oxygen atoms in total. The second-order valence-electron chi connectivity index (χ2n) is 4.45. The fraction of sp³-hybridized carbons (Fsp3) is 0.231. The van der Waals surface area contributed by atoms with Crippen molar-refractivity contribution in [1.29, 1.82) is 0 Å². The Balaban J connectivity index is 2.11. The zero-order valence-corrected chi connectivity index (χ0v) is 11.1. The molecule has 1 aromatic heterocycles. The van der Waals surface area contributed by atoms with Crippen LogP contribution in [-0.4, -0.2) is 15.7 Å². The third-order valence-corrected chi connectivity index (χ3v) is 2.88. The molecular weight excluding hydrogens is 266 g/mol. The van der Waals surface area contributed by atoms with Gasteiger partial charge in [-0.15, -0.1) is 0 Å². The number of anilines is 2. The summed E-state index contributed by atoms with van der Waals surface area (Å²) in [4.78, 5) is 11.8. The number of hydrogen-bond donors (Lipinski definition) is 2. The average Bonchev–Trinajstić information content (AvgIpc) is 2.55. The first-order chi connectivity index (χ1) is 9.36. The first kappa shape index (κ1) is 14.0. The maximum Gasteiger partial charge on any atom is 0.246 e. The lowest BCUT2D eigenvalue weighted by atomic mass is 10.3. The van der Waals surface area contributed by atoms with E-state index in [4.69, 9.17) is 5.73 Å². The number of halogens is 2. The molecule has 1 amide bonds. The molecule has 0 spiro atoms. The summed E-state index contributed by atoms with van der Waals surface area (Å²) in [5.41, 5.74) is 7.64. The topological polar surface area (TPSA) is 72.9 Å². The summed E-state index contributed by atoms with van der Waals surface area (Å²) in [6.45, 7) is 3.39. The van der Waals surface area contributed by atoms with Gasteiger partial charge in [0.25, 0.3) is 0 Å². The van der Waals surface area contributed by atoms with Crippen LogP contribution >= 0.6 is 0 Å². The van der Waals surface area contributed by atoms with Crippen LogP contribution in [0.3, 0.4) is 0 Å². The quantitative estimate of drug-likeness (QED) is 0.903. The molecule has 0 fully saturated rings. The Kier molecular flexibility index (Phi) is 3.69. The Labute approximate surface area is 114 Å². The molecule has 2 rings (SSSR count). The lowest BCUT2D eigenvalue weighted by Gasteiger charge is -2.07. The van der Waals surface area contributed by atoms with E-state index in [9.17, 15) is 13.6 Å². The van der Waals surface area contributed by atoms with Gasteiger partial charge in [-0.2, -0.15) is 5.10 Å². The van der Waals surface area contributed by atoms with Crippen LogP contribution in [0.25, 0.3) is 0 Å². The third-order valence-electron chi connectivity index (χ3n) is 2.88. The molecular formula is C13H14F2N4O. The largest absolute Gasteiger partial charge is 0.396 e. The first-order valence-electron chi connectivity index (χ1n) is 5.92. The number of amides is 1. The van der Waals surface area contributed by atoms with Gasteiger partial charge in [-0.3, -0.25) is 9.48 Å². The van der Waals surface area contributed by atoms with Crippen molar-refractivity contribution in [2.45, 2.75) is 20.4 Å². The molecule has 0 radical (unpaired) electrons. The highest BCUT2D eigenvalue weighted by molar-refractivity contribution is 5.90. The van der Waals surface area contributed by atoms with Gasteiger partial charge in [0.2, 0.25) is 5.91 Å². The minimum absolute atomic E-state index is 0.0574. The number of carbonyl (C=O) groups is 1. The predicted molar refractivity (Wildman–Crippen MR) is 71.1 cm³/mol. The number of nitrogens with one attached hydrogen (secondary N) is 1. The fourth-order valence-electron chi connectivity index (χ4n) is 1.83. The van der Waals surface area contributed by atoms with Crippen molar-refractivity contribution >= 4 is 17.3 Å². The molecule has 20 heavy (non-hydrogen) atoms. The Hall–Kier alpha value is -2.44. The van der Waals surface area contributed by atoms with E-state index in [0.29, 0.717) is 17.1 Å². The number of hydrogen-bond acceptors (Lipinski definition) is 3. The van der Waals surface area contributed by atoms with Gasteiger partial charge < -0.3 is 11.1 Å². The van der Waals surface area contributed by atoms with E-state index in [1.165, 1.54) is 4.68 Å². The van der Waals surface area contributed by atoms with Crippen molar-refractivity contribution in [2.24, 2.45) is 0 Å². The van der Waals surface area contributed by atoms with Gasteiger partial charge >= 0.3 is 0 Å². The summed E-state index contributed by atoms with van der Waals surface area (Å²) in [5, 5.41) is 6.52. The standard InChI is InChI=1S/C13H14F2N4O/c1-7-13(16)8(2)19(18-7)6-12(20)17-11-4-9(14)3-10(15)5-11/h3-5H,6,16H2,1-2H3,(H,17,20). The van der Waals surface area contributed by atoms with E-state index in [1.807, 2.05) is 0 Å². The fourth-order valence-corrected chi connectivity index (χ4v) is 1.83. The minimum Gasteiger partial charge on any atom is -0.396 e. The molecule has 2 aromatic rings. The molecule has 0 aliphatic heterocycles. The molecule has 106 valence electrons. The molecule has 0 saturated heterocycles. The van der Waals surface area contributed by atoms with Crippen LogP contribution in [-0.2, 0) is 11.3 Å². The van der Waals surface area contributed by atoms with Crippen molar-refractivity contribution in [3.05, 3.63) is 41.2 Å². The number of benzene rings is 1. The molecule has 1 heterocycles. The molecule has 0 bridgehead atoms. The number of nitrogens with zero attached hydrogens (tertiary/aromatic N) is 2. The lowest BCUT2D eigenvalue weighted by Crippen LogP contribution is -2.20. The van der Waals surface area contributed by atoms with E-state index in [-0.39, 0.29) is 12.2 Å². The molecule has 0 atom stereocenters. The van der Waals surface area contributed by atoms with E-state index in [0.717, 1.165) is 18.2 Å². The summed E-state index contributed by atoms with van der Waals surface area (Å²) >= 11 is 0. The number of rotatable bonds is 3. The Morgan fingerprint density at radius 3 is 2.40 bits per heavy atom. The van der Waals surface area contributed by atoms with Crippen LogP contribution in [0.15, 0.2) is 18.2 Å². The van der Waals surface area contributed by atoms with Crippen molar-refractivity contribution in [1.82, 2.24) is 9.78 Å². The lowest BCUT2D eigenvalue weighted by molar-refractivity contribution is -0.116. The van der Waals surface area contributed by atoms with E-state index in [1.54, 1.807) is 13.8 Å². The third kappa shape index (κ3) is 2.93. The summed E-state index contributed by atoms with van der Waals surface area (Å²) in [6, 6.07) is 2.81. The molecule has 1 aromatic carbocycles. The Morgan fingerprint density at radius 2 is 1.90 bits per heavy atom. The highest BCUT2D eigenvalue weighted by atomic mass is 19.1. The number of aromatic nitrogens is 2. The SMILES string of the molecule is Cc1nn(CC(=O)Nc2cc(F)cc(F)c2)c(C)c1N. The predicted octanol–water partition coefficient (Wildman–Crippen LogP) is 2.00. The van der Waals surface area contributed by atoms with E-state index >= 15 is 0 Å². The number of carbonyl (C=O) groups excluding carboxylic acids is 1. The van der Waals surface area contributed by atoms with Crippen LogP contribution < -0.4 is 11.1 Å². The molecule has 0 aliphatic rings. The van der Waals surface area contributed by atoms with E-state index < -0.39 is 17.5 Å². The second-order valence-corrected chi connectivity index (χ2v) is 4.45.